The number of ether oxygens (including phenoxy) is 2. The van der Waals surface area contributed by atoms with Gasteiger partial charge in [0.2, 0.25) is 0 Å². The minimum atomic E-state index is -0.205. The highest BCUT2D eigenvalue weighted by Crippen LogP contribution is 2.31. The molecule has 28 heavy (non-hydrogen) atoms. The number of para-hydroxylation sites is 1. The highest BCUT2D eigenvalue weighted by molar-refractivity contribution is 5.85. The Balaban J connectivity index is 0.00000280. The van der Waals surface area contributed by atoms with Crippen molar-refractivity contribution >= 4 is 12.4 Å². The first-order valence-electron chi connectivity index (χ1n) is 9.04. The lowest BCUT2D eigenvalue weighted by Crippen LogP contribution is -2.17. The smallest absolute Gasteiger partial charge is 0.166 e. The molecule has 3 rings (SSSR count). The number of halogens is 2. The van der Waals surface area contributed by atoms with Crippen molar-refractivity contribution in [2.45, 2.75) is 19.6 Å². The summed E-state index contributed by atoms with van der Waals surface area (Å²) in [6, 6.07) is 22.6. The van der Waals surface area contributed by atoms with E-state index in [4.69, 9.17) is 9.47 Å². The third kappa shape index (κ3) is 6.25. The van der Waals surface area contributed by atoms with Crippen LogP contribution in [0.5, 0.6) is 11.5 Å². The van der Waals surface area contributed by atoms with E-state index in [1.54, 1.807) is 7.11 Å². The largest absolute Gasteiger partial charge is 0.493 e. The van der Waals surface area contributed by atoms with Crippen LogP contribution < -0.4 is 14.8 Å². The summed E-state index contributed by atoms with van der Waals surface area (Å²) < 4.78 is 24.5. The summed E-state index contributed by atoms with van der Waals surface area (Å²) in [6.07, 6.45) is 0.838. The Morgan fingerprint density at radius 2 is 1.61 bits per heavy atom. The van der Waals surface area contributed by atoms with Crippen LogP contribution in [0.25, 0.3) is 0 Å². The quantitative estimate of drug-likeness (QED) is 0.502. The molecule has 0 aliphatic carbocycles. The molecule has 0 unspecified atom stereocenters. The first kappa shape index (κ1) is 21.7. The number of hydrogen-bond acceptors (Lipinski definition) is 3. The molecule has 1 N–H and O–H groups in total. The van der Waals surface area contributed by atoms with E-state index in [0.29, 0.717) is 13.2 Å². The molecule has 0 aromatic heterocycles. The molecule has 0 spiro atoms. The molecule has 0 heterocycles. The number of nitrogens with one attached hydrogen (secondary N) is 1. The average molecular weight is 402 g/mol. The van der Waals surface area contributed by atoms with Crippen LogP contribution in [0.15, 0.2) is 72.8 Å². The molecule has 3 aromatic rings. The Morgan fingerprint density at radius 1 is 0.857 bits per heavy atom. The molecule has 0 bridgehead atoms. The summed E-state index contributed by atoms with van der Waals surface area (Å²) in [5.41, 5.74) is 3.26. The standard InChI is InChI=1S/C23H24FNO2.ClH/c1-26-22-9-5-8-20(23(22)27-17-19-6-3-2-4-7-19)16-25-15-14-18-10-12-21(24)13-11-18;/h2-13,25H,14-17H2,1H3;1H. The van der Waals surface area contributed by atoms with Crippen molar-refractivity contribution < 1.29 is 13.9 Å². The summed E-state index contributed by atoms with van der Waals surface area (Å²) in [5, 5.41) is 3.43. The van der Waals surface area contributed by atoms with Gasteiger partial charge in [0, 0.05) is 12.1 Å². The molecule has 5 heteroatoms. The van der Waals surface area contributed by atoms with E-state index < -0.39 is 0 Å². The Labute approximate surface area is 171 Å². The van der Waals surface area contributed by atoms with Crippen LogP contribution in [0.3, 0.4) is 0 Å². The first-order chi connectivity index (χ1) is 13.3. The van der Waals surface area contributed by atoms with Gasteiger partial charge in [0.15, 0.2) is 11.5 Å². The third-order valence-electron chi connectivity index (χ3n) is 4.33. The van der Waals surface area contributed by atoms with Gasteiger partial charge in [-0.3, -0.25) is 0 Å². The highest BCUT2D eigenvalue weighted by Gasteiger charge is 2.10. The lowest BCUT2D eigenvalue weighted by atomic mass is 10.1. The van der Waals surface area contributed by atoms with Gasteiger partial charge in [0.1, 0.15) is 12.4 Å². The topological polar surface area (TPSA) is 30.5 Å². The fourth-order valence-corrected chi connectivity index (χ4v) is 2.86. The van der Waals surface area contributed by atoms with Crippen LogP contribution in [-0.4, -0.2) is 13.7 Å². The van der Waals surface area contributed by atoms with Crippen LogP contribution in [-0.2, 0) is 19.6 Å². The van der Waals surface area contributed by atoms with Crippen molar-refractivity contribution in [1.29, 1.82) is 0 Å². The van der Waals surface area contributed by atoms with Crippen LogP contribution in [0.4, 0.5) is 4.39 Å². The monoisotopic (exact) mass is 401 g/mol. The molecule has 0 amide bonds. The van der Waals surface area contributed by atoms with Crippen LogP contribution in [0.2, 0.25) is 0 Å². The minimum Gasteiger partial charge on any atom is -0.493 e. The number of rotatable bonds is 9. The minimum absolute atomic E-state index is 0. The van der Waals surface area contributed by atoms with E-state index in [0.717, 1.165) is 41.2 Å². The molecule has 148 valence electrons. The van der Waals surface area contributed by atoms with Gasteiger partial charge in [-0.1, -0.05) is 54.6 Å². The zero-order chi connectivity index (χ0) is 18.9. The predicted molar refractivity (Wildman–Crippen MR) is 113 cm³/mol. The van der Waals surface area contributed by atoms with E-state index >= 15 is 0 Å². The van der Waals surface area contributed by atoms with E-state index in [1.165, 1.54) is 12.1 Å². The fourth-order valence-electron chi connectivity index (χ4n) is 2.86. The van der Waals surface area contributed by atoms with Crippen molar-refractivity contribution in [3.05, 3.63) is 95.3 Å². The van der Waals surface area contributed by atoms with Crippen molar-refractivity contribution in [1.82, 2.24) is 5.32 Å². The molecule has 0 aliphatic heterocycles. The van der Waals surface area contributed by atoms with Crippen molar-refractivity contribution in [3.63, 3.8) is 0 Å². The van der Waals surface area contributed by atoms with Gasteiger partial charge in [-0.2, -0.15) is 0 Å². The second-order valence-electron chi connectivity index (χ2n) is 6.28. The Morgan fingerprint density at radius 3 is 2.32 bits per heavy atom. The lowest BCUT2D eigenvalue weighted by Gasteiger charge is -2.16. The van der Waals surface area contributed by atoms with Crippen LogP contribution in [0, 0.1) is 5.82 Å². The Kier molecular flexibility index (Phi) is 8.79. The van der Waals surface area contributed by atoms with Crippen molar-refractivity contribution in [2.24, 2.45) is 0 Å². The van der Waals surface area contributed by atoms with Crippen molar-refractivity contribution in [3.8, 4) is 11.5 Å². The summed E-state index contributed by atoms with van der Waals surface area (Å²) in [5.74, 6) is 1.28. The molecule has 0 saturated carbocycles. The summed E-state index contributed by atoms with van der Waals surface area (Å²) in [7, 11) is 1.65. The lowest BCUT2D eigenvalue weighted by molar-refractivity contribution is 0.280. The predicted octanol–water partition coefficient (Wildman–Crippen LogP) is 5.17. The van der Waals surface area contributed by atoms with Gasteiger partial charge in [-0.15, -0.1) is 12.4 Å². The molecule has 3 aromatic carbocycles. The third-order valence-corrected chi connectivity index (χ3v) is 4.33. The zero-order valence-electron chi connectivity index (χ0n) is 15.9. The maximum atomic E-state index is 13.0. The first-order valence-corrected chi connectivity index (χ1v) is 9.04. The van der Waals surface area contributed by atoms with Gasteiger partial charge in [0.05, 0.1) is 7.11 Å². The second-order valence-corrected chi connectivity index (χ2v) is 6.28. The maximum absolute atomic E-state index is 13.0. The zero-order valence-corrected chi connectivity index (χ0v) is 16.7. The molecule has 0 fully saturated rings. The Bertz CT molecular complexity index is 841. The summed E-state index contributed by atoms with van der Waals surface area (Å²) in [6.45, 7) is 1.95. The van der Waals surface area contributed by atoms with Gasteiger partial charge in [0.25, 0.3) is 0 Å². The van der Waals surface area contributed by atoms with Crippen LogP contribution >= 0.6 is 12.4 Å². The second kappa shape index (κ2) is 11.3. The SMILES string of the molecule is COc1cccc(CNCCc2ccc(F)cc2)c1OCc1ccccc1.Cl. The van der Waals surface area contributed by atoms with Gasteiger partial charge < -0.3 is 14.8 Å². The Hall–Kier alpha value is -2.56. The normalized spacial score (nSPS) is 10.2. The molecule has 0 aliphatic rings. The summed E-state index contributed by atoms with van der Waals surface area (Å²) >= 11 is 0. The van der Waals surface area contributed by atoms with E-state index in [1.807, 2.05) is 60.7 Å². The van der Waals surface area contributed by atoms with Crippen molar-refractivity contribution in [2.75, 3.05) is 13.7 Å². The molecule has 0 saturated heterocycles. The molecular weight excluding hydrogens is 377 g/mol. The van der Waals surface area contributed by atoms with Gasteiger partial charge >= 0.3 is 0 Å². The molecular formula is C23H25ClFNO2. The number of hydrogen-bond donors (Lipinski definition) is 1. The van der Waals surface area contributed by atoms with Crippen LogP contribution in [0.1, 0.15) is 16.7 Å². The van der Waals surface area contributed by atoms with E-state index in [-0.39, 0.29) is 18.2 Å². The highest BCUT2D eigenvalue weighted by atomic mass is 35.5. The molecule has 0 atom stereocenters. The number of benzene rings is 3. The summed E-state index contributed by atoms with van der Waals surface area (Å²) in [4.78, 5) is 0. The average Bonchev–Trinajstić information content (AvgIpc) is 2.72. The maximum Gasteiger partial charge on any atom is 0.166 e. The van der Waals surface area contributed by atoms with Gasteiger partial charge in [-0.25, -0.2) is 4.39 Å². The molecule has 0 radical (unpaired) electrons. The molecule has 3 nitrogen and oxygen atoms in total. The van der Waals surface area contributed by atoms with E-state index in [2.05, 4.69) is 5.32 Å². The van der Waals surface area contributed by atoms with E-state index in [9.17, 15) is 4.39 Å². The van der Waals surface area contributed by atoms with Gasteiger partial charge in [-0.05, 0) is 42.3 Å². The number of methoxy groups -OCH3 is 1. The fraction of sp³-hybridized carbons (Fsp3) is 0.217.